The Morgan fingerprint density at radius 3 is 2.79 bits per heavy atom. The zero-order valence-electron chi connectivity index (χ0n) is 15.1. The van der Waals surface area contributed by atoms with Gasteiger partial charge in [0.2, 0.25) is 5.91 Å². The number of benzene rings is 1. The molecule has 0 bridgehead atoms. The molecular weight excluding hydrogens is 304 g/mol. The zero-order chi connectivity index (χ0) is 17.4. The zero-order valence-corrected chi connectivity index (χ0v) is 15.1. The van der Waals surface area contributed by atoms with Gasteiger partial charge in [0.1, 0.15) is 0 Å². The first-order chi connectivity index (χ1) is 11.6. The third kappa shape index (κ3) is 6.59. The Morgan fingerprint density at radius 2 is 2.08 bits per heavy atom. The highest BCUT2D eigenvalue weighted by Crippen LogP contribution is 2.17. The minimum absolute atomic E-state index is 0.0421. The first kappa shape index (κ1) is 18.9. The van der Waals surface area contributed by atoms with Gasteiger partial charge in [0.15, 0.2) is 0 Å². The number of carbonyl (C=O) groups excluding carboxylic acids is 1. The van der Waals surface area contributed by atoms with E-state index >= 15 is 0 Å². The van der Waals surface area contributed by atoms with E-state index in [1.165, 1.54) is 5.56 Å². The van der Waals surface area contributed by atoms with E-state index in [0.29, 0.717) is 19.6 Å². The summed E-state index contributed by atoms with van der Waals surface area (Å²) in [5.74, 6) is 0.0421. The maximum absolute atomic E-state index is 12.0. The molecule has 1 saturated heterocycles. The molecule has 1 amide bonds. The summed E-state index contributed by atoms with van der Waals surface area (Å²) >= 11 is 0. The van der Waals surface area contributed by atoms with Gasteiger partial charge in [0.05, 0.1) is 12.2 Å². The van der Waals surface area contributed by atoms with Crippen molar-refractivity contribution >= 4 is 11.6 Å². The lowest BCUT2D eigenvalue weighted by atomic mass is 10.1. The fraction of sp³-hybridized carbons (Fsp3) is 0.632. The molecule has 1 aromatic carbocycles. The lowest BCUT2D eigenvalue weighted by Crippen LogP contribution is -2.44. The van der Waals surface area contributed by atoms with Crippen LogP contribution in [0.15, 0.2) is 24.3 Å². The molecule has 1 fully saturated rings. The minimum atomic E-state index is 0.0421. The van der Waals surface area contributed by atoms with Crippen LogP contribution in [0.3, 0.4) is 0 Å². The number of nitrogens with one attached hydrogen (secondary N) is 1. The highest BCUT2D eigenvalue weighted by molar-refractivity contribution is 5.90. The summed E-state index contributed by atoms with van der Waals surface area (Å²) < 4.78 is 11.0. The van der Waals surface area contributed by atoms with E-state index in [1.54, 1.807) is 0 Å². The summed E-state index contributed by atoms with van der Waals surface area (Å²) in [6.45, 7) is 10.3. The summed E-state index contributed by atoms with van der Waals surface area (Å²) in [5.41, 5.74) is 2.08. The van der Waals surface area contributed by atoms with Gasteiger partial charge in [0, 0.05) is 45.0 Å². The number of ether oxygens (including phenoxy) is 2. The summed E-state index contributed by atoms with van der Waals surface area (Å²) in [4.78, 5) is 14.4. The highest BCUT2D eigenvalue weighted by atomic mass is 16.5. The molecule has 2 atom stereocenters. The third-order valence-corrected chi connectivity index (χ3v) is 4.01. The second-order valence-electron chi connectivity index (χ2n) is 6.50. The van der Waals surface area contributed by atoms with Crippen LogP contribution in [-0.2, 0) is 20.8 Å². The Morgan fingerprint density at radius 1 is 1.33 bits per heavy atom. The first-order valence-electron chi connectivity index (χ1n) is 8.91. The number of nitrogens with zero attached hydrogens (tertiary/aromatic N) is 1. The van der Waals surface area contributed by atoms with Crippen LogP contribution < -0.4 is 5.32 Å². The van der Waals surface area contributed by atoms with Crippen molar-refractivity contribution in [3.8, 4) is 0 Å². The largest absolute Gasteiger partial charge is 0.382 e. The number of rotatable bonds is 8. The SMILES string of the molecule is CCOCCCC(=O)Nc1cccc(CN2C[C@H](C)O[C@@H](C)C2)c1. The van der Waals surface area contributed by atoms with Crippen molar-refractivity contribution in [2.75, 3.05) is 31.6 Å². The topological polar surface area (TPSA) is 50.8 Å². The standard InChI is InChI=1S/C19H30N2O3/c1-4-23-10-6-9-19(22)20-18-8-5-7-17(11-18)14-21-12-15(2)24-16(3)13-21/h5,7-8,11,15-16H,4,6,9-10,12-14H2,1-3H3,(H,20,22)/t15-,16-/m0/s1. The normalized spacial score (nSPS) is 21.6. The van der Waals surface area contributed by atoms with E-state index in [4.69, 9.17) is 9.47 Å². The monoisotopic (exact) mass is 334 g/mol. The predicted molar refractivity (Wildman–Crippen MR) is 96.1 cm³/mol. The van der Waals surface area contributed by atoms with Gasteiger partial charge in [-0.25, -0.2) is 0 Å². The fourth-order valence-electron chi connectivity index (χ4n) is 3.12. The number of morpholine rings is 1. The van der Waals surface area contributed by atoms with E-state index in [2.05, 4.69) is 36.2 Å². The van der Waals surface area contributed by atoms with Crippen LogP contribution in [0.1, 0.15) is 39.2 Å². The van der Waals surface area contributed by atoms with Crippen molar-refractivity contribution in [1.29, 1.82) is 0 Å². The Kier molecular flexibility index (Phi) is 7.69. The van der Waals surface area contributed by atoms with Crippen LogP contribution in [0.2, 0.25) is 0 Å². The molecule has 134 valence electrons. The van der Waals surface area contributed by atoms with Crippen molar-refractivity contribution < 1.29 is 14.3 Å². The molecule has 1 aliphatic heterocycles. The van der Waals surface area contributed by atoms with Gasteiger partial charge in [-0.1, -0.05) is 12.1 Å². The third-order valence-electron chi connectivity index (χ3n) is 4.01. The quantitative estimate of drug-likeness (QED) is 0.743. The number of anilines is 1. The second kappa shape index (κ2) is 9.77. The van der Waals surface area contributed by atoms with E-state index in [-0.39, 0.29) is 18.1 Å². The molecule has 0 aliphatic carbocycles. The molecule has 1 aliphatic rings. The average Bonchev–Trinajstić information content (AvgIpc) is 2.51. The molecule has 0 aromatic heterocycles. The Hall–Kier alpha value is -1.43. The lowest BCUT2D eigenvalue weighted by Gasteiger charge is -2.35. The van der Waals surface area contributed by atoms with Crippen molar-refractivity contribution in [2.24, 2.45) is 0 Å². The number of hydrogen-bond donors (Lipinski definition) is 1. The molecule has 1 heterocycles. The van der Waals surface area contributed by atoms with Crippen LogP contribution in [0, 0.1) is 0 Å². The fourth-order valence-corrected chi connectivity index (χ4v) is 3.12. The number of hydrogen-bond acceptors (Lipinski definition) is 4. The number of carbonyl (C=O) groups is 1. The summed E-state index contributed by atoms with van der Waals surface area (Å²) in [5, 5.41) is 2.98. The van der Waals surface area contributed by atoms with Crippen molar-refractivity contribution in [3.05, 3.63) is 29.8 Å². The van der Waals surface area contributed by atoms with Crippen LogP contribution in [0.4, 0.5) is 5.69 Å². The summed E-state index contributed by atoms with van der Waals surface area (Å²) in [7, 11) is 0. The van der Waals surface area contributed by atoms with Crippen LogP contribution in [-0.4, -0.2) is 49.3 Å². The Bertz CT molecular complexity index is 511. The minimum Gasteiger partial charge on any atom is -0.382 e. The van der Waals surface area contributed by atoms with Gasteiger partial charge in [-0.15, -0.1) is 0 Å². The van der Waals surface area contributed by atoms with Gasteiger partial charge >= 0.3 is 0 Å². The van der Waals surface area contributed by atoms with Crippen molar-refractivity contribution in [2.45, 2.75) is 52.4 Å². The van der Waals surface area contributed by atoms with E-state index in [0.717, 1.165) is 31.7 Å². The summed E-state index contributed by atoms with van der Waals surface area (Å²) in [6.07, 6.45) is 1.77. The maximum atomic E-state index is 12.0. The molecule has 24 heavy (non-hydrogen) atoms. The van der Waals surface area contributed by atoms with E-state index in [1.807, 2.05) is 19.1 Å². The van der Waals surface area contributed by atoms with Gasteiger partial charge in [-0.05, 0) is 44.9 Å². The van der Waals surface area contributed by atoms with Crippen LogP contribution in [0.5, 0.6) is 0 Å². The van der Waals surface area contributed by atoms with Crippen molar-refractivity contribution in [3.63, 3.8) is 0 Å². The van der Waals surface area contributed by atoms with Crippen LogP contribution >= 0.6 is 0 Å². The maximum Gasteiger partial charge on any atom is 0.224 e. The average molecular weight is 334 g/mol. The molecule has 0 unspecified atom stereocenters. The molecule has 1 N–H and O–H groups in total. The van der Waals surface area contributed by atoms with E-state index in [9.17, 15) is 4.79 Å². The van der Waals surface area contributed by atoms with Gasteiger partial charge in [-0.3, -0.25) is 9.69 Å². The lowest BCUT2D eigenvalue weighted by molar-refractivity contribution is -0.116. The van der Waals surface area contributed by atoms with Gasteiger partial charge < -0.3 is 14.8 Å². The highest BCUT2D eigenvalue weighted by Gasteiger charge is 2.22. The Balaban J connectivity index is 1.83. The number of amides is 1. The smallest absolute Gasteiger partial charge is 0.224 e. The molecule has 2 rings (SSSR count). The molecule has 0 spiro atoms. The molecule has 0 saturated carbocycles. The predicted octanol–water partition coefficient (Wildman–Crippen LogP) is 3.05. The second-order valence-corrected chi connectivity index (χ2v) is 6.50. The first-order valence-corrected chi connectivity index (χ1v) is 8.91. The molecule has 5 nitrogen and oxygen atoms in total. The summed E-state index contributed by atoms with van der Waals surface area (Å²) in [6, 6.07) is 8.10. The van der Waals surface area contributed by atoms with Gasteiger partial charge in [-0.2, -0.15) is 0 Å². The van der Waals surface area contributed by atoms with Crippen molar-refractivity contribution in [1.82, 2.24) is 4.90 Å². The molecular formula is C19H30N2O3. The molecule has 5 heteroatoms. The van der Waals surface area contributed by atoms with Crippen LogP contribution in [0.25, 0.3) is 0 Å². The molecule has 0 radical (unpaired) electrons. The molecule has 1 aromatic rings. The van der Waals surface area contributed by atoms with Gasteiger partial charge in [0.25, 0.3) is 0 Å². The Labute approximate surface area is 145 Å². The van der Waals surface area contributed by atoms with E-state index < -0.39 is 0 Å².